The minimum atomic E-state index is -0.581. The van der Waals surface area contributed by atoms with E-state index in [1.54, 1.807) is 12.1 Å². The number of furan rings is 1. The van der Waals surface area contributed by atoms with Gasteiger partial charge in [0.05, 0.1) is 19.2 Å². The van der Waals surface area contributed by atoms with Crippen molar-refractivity contribution in [2.24, 2.45) is 0 Å². The van der Waals surface area contributed by atoms with Crippen LogP contribution >= 0.6 is 0 Å². The molecule has 10 aromatic rings. The predicted octanol–water partition coefficient (Wildman–Crippen LogP) is 13.7. The zero-order valence-electron chi connectivity index (χ0n) is 39.6. The van der Waals surface area contributed by atoms with E-state index in [4.69, 9.17) is 19.5 Å². The molecular formula is C48H30O. The Balaban J connectivity index is 1.38. The average molecular weight is 637 g/mol. The third-order valence-electron chi connectivity index (χ3n) is 9.00. The van der Waals surface area contributed by atoms with E-state index in [-0.39, 0.29) is 68.0 Å². The largest absolute Gasteiger partial charge is 0.456 e. The van der Waals surface area contributed by atoms with Crippen LogP contribution in [0.25, 0.3) is 98.8 Å². The summed E-state index contributed by atoms with van der Waals surface area (Å²) in [5, 5.41) is 2.18. The Morgan fingerprint density at radius 1 is 0.388 bits per heavy atom. The summed E-state index contributed by atoms with van der Waals surface area (Å²) in [5.74, 6) is 0. The number of benzene rings is 9. The quantitative estimate of drug-likeness (QED) is 0.175. The summed E-state index contributed by atoms with van der Waals surface area (Å²) < 4.78 is 130. The summed E-state index contributed by atoms with van der Waals surface area (Å²) >= 11 is 0. The Morgan fingerprint density at radius 2 is 0.959 bits per heavy atom. The van der Waals surface area contributed by atoms with Gasteiger partial charge in [-0.05, 0) is 113 Å². The van der Waals surface area contributed by atoms with Crippen LogP contribution in [0.5, 0.6) is 0 Å². The van der Waals surface area contributed by atoms with Gasteiger partial charge >= 0.3 is 0 Å². The maximum absolute atomic E-state index is 9.54. The third-order valence-corrected chi connectivity index (χ3v) is 9.00. The second-order valence-corrected chi connectivity index (χ2v) is 11.8. The van der Waals surface area contributed by atoms with Gasteiger partial charge < -0.3 is 4.42 Å². The number of hydrogen-bond acceptors (Lipinski definition) is 1. The molecule has 0 saturated carbocycles. The van der Waals surface area contributed by atoms with Crippen molar-refractivity contribution < 1.29 is 23.6 Å². The molecule has 0 fully saturated rings. The summed E-state index contributed by atoms with van der Waals surface area (Å²) in [6.07, 6.45) is 0. The SMILES string of the molecule is [2H]c1c([2H])c([2H])c(-c2cc(-c3ccccc3)cc(-c3c4ccccc4c(-c4c([2H])c([2H])c([2H])c5oc6c([2H])c7c([2H])c([2H])c([2H])c([2H])c7c([2H])c6c45)c4ccccc34)c2)c([2H])c1[2H]. The topological polar surface area (TPSA) is 13.1 Å². The van der Waals surface area contributed by atoms with E-state index >= 15 is 0 Å². The zero-order valence-corrected chi connectivity index (χ0v) is 25.6. The van der Waals surface area contributed by atoms with E-state index in [9.17, 15) is 4.11 Å². The summed E-state index contributed by atoms with van der Waals surface area (Å²) in [4.78, 5) is 0. The Hall–Kier alpha value is -6.44. The molecule has 1 heterocycles. The van der Waals surface area contributed by atoms with Crippen molar-refractivity contribution >= 4 is 54.3 Å². The fourth-order valence-electron chi connectivity index (χ4n) is 6.92. The second-order valence-electron chi connectivity index (χ2n) is 11.8. The van der Waals surface area contributed by atoms with Crippen molar-refractivity contribution in [2.75, 3.05) is 0 Å². The fraction of sp³-hybridized carbons (Fsp3) is 0. The van der Waals surface area contributed by atoms with Crippen LogP contribution < -0.4 is 0 Å². The molecular weight excluding hydrogens is 593 g/mol. The molecule has 10 rings (SSSR count). The smallest absolute Gasteiger partial charge is 0.136 e. The van der Waals surface area contributed by atoms with E-state index in [0.29, 0.717) is 38.2 Å². The number of fused-ring (bicyclic) bond motifs is 6. The van der Waals surface area contributed by atoms with Crippen LogP contribution in [0.1, 0.15) is 19.2 Å². The maximum atomic E-state index is 9.54. The summed E-state index contributed by atoms with van der Waals surface area (Å²) in [6, 6.07) is 23.5. The van der Waals surface area contributed by atoms with Crippen LogP contribution in [0.3, 0.4) is 0 Å². The molecule has 0 saturated heterocycles. The van der Waals surface area contributed by atoms with Crippen molar-refractivity contribution in [3.8, 4) is 44.5 Å². The summed E-state index contributed by atoms with van der Waals surface area (Å²) in [6.45, 7) is 0. The van der Waals surface area contributed by atoms with Crippen molar-refractivity contribution in [1.29, 1.82) is 0 Å². The van der Waals surface area contributed by atoms with Gasteiger partial charge in [0.25, 0.3) is 0 Å². The minimum absolute atomic E-state index is 0.0272. The first kappa shape index (κ1) is 17.1. The monoisotopic (exact) mass is 636 g/mol. The lowest BCUT2D eigenvalue weighted by Gasteiger charge is -2.19. The second kappa shape index (κ2) is 11.1. The normalized spacial score (nSPS) is 15.7. The van der Waals surface area contributed by atoms with Gasteiger partial charge in [-0.2, -0.15) is 0 Å². The molecule has 1 heteroatoms. The van der Waals surface area contributed by atoms with Gasteiger partial charge in [-0.15, -0.1) is 0 Å². The molecule has 0 amide bonds. The zero-order chi connectivity index (χ0) is 44.5. The molecule has 49 heavy (non-hydrogen) atoms. The fourth-order valence-corrected chi connectivity index (χ4v) is 6.92. The van der Waals surface area contributed by atoms with E-state index in [1.165, 1.54) is 0 Å². The average Bonchev–Trinajstić information content (AvgIpc) is 3.70. The standard InChI is InChI=1S/C48H30O/c1-3-14-31(15-4-1)35-26-36(32-16-5-2-6-17-32)28-37(27-35)46-38-20-9-11-22-40(38)47(41-23-12-10-21-39(41)46)42-24-13-25-44-48(42)43-29-33-18-7-8-19-34(33)30-45(43)49-44/h1-30H/i1D,3D,4D,7D,8D,13D,14D,15D,18D,19D,24D,25D,29D,30D. The third kappa shape index (κ3) is 4.47. The number of rotatable bonds is 4. The van der Waals surface area contributed by atoms with Gasteiger partial charge in [0.1, 0.15) is 11.2 Å². The van der Waals surface area contributed by atoms with E-state index in [2.05, 4.69) is 0 Å². The molecule has 0 unspecified atom stereocenters. The van der Waals surface area contributed by atoms with Crippen molar-refractivity contribution in [3.63, 3.8) is 0 Å². The first-order valence-corrected chi connectivity index (χ1v) is 15.7. The molecule has 9 aromatic carbocycles. The summed E-state index contributed by atoms with van der Waals surface area (Å²) in [7, 11) is 0. The first-order chi connectivity index (χ1) is 30.1. The highest BCUT2D eigenvalue weighted by molar-refractivity contribution is 6.26. The van der Waals surface area contributed by atoms with Crippen molar-refractivity contribution in [3.05, 3.63) is 182 Å². The molecule has 0 spiro atoms. The van der Waals surface area contributed by atoms with E-state index < -0.39 is 60.4 Å². The molecule has 0 atom stereocenters. The highest BCUT2D eigenvalue weighted by atomic mass is 16.3. The Morgan fingerprint density at radius 3 is 1.65 bits per heavy atom. The van der Waals surface area contributed by atoms with Gasteiger partial charge in [-0.25, -0.2) is 0 Å². The lowest BCUT2D eigenvalue weighted by molar-refractivity contribution is 0.669. The lowest BCUT2D eigenvalue weighted by Crippen LogP contribution is -1.92. The highest BCUT2D eigenvalue weighted by Gasteiger charge is 2.21. The Labute approximate surface area is 304 Å². The van der Waals surface area contributed by atoms with Crippen molar-refractivity contribution in [1.82, 2.24) is 0 Å². The molecule has 1 nitrogen and oxygen atoms in total. The van der Waals surface area contributed by atoms with Gasteiger partial charge in [0, 0.05) is 10.8 Å². The predicted molar refractivity (Wildman–Crippen MR) is 208 cm³/mol. The Bertz CT molecular complexity index is 3590. The summed E-state index contributed by atoms with van der Waals surface area (Å²) in [5.41, 5.74) is 3.54. The molecule has 228 valence electrons. The highest BCUT2D eigenvalue weighted by Crippen LogP contribution is 2.48. The van der Waals surface area contributed by atoms with Gasteiger partial charge in [0.15, 0.2) is 0 Å². The van der Waals surface area contributed by atoms with Crippen LogP contribution in [-0.2, 0) is 0 Å². The van der Waals surface area contributed by atoms with Crippen LogP contribution in [0.2, 0.25) is 0 Å². The van der Waals surface area contributed by atoms with Crippen LogP contribution in [0.15, 0.2) is 186 Å². The molecule has 0 radical (unpaired) electrons. The van der Waals surface area contributed by atoms with Gasteiger partial charge in [-0.3, -0.25) is 0 Å². The molecule has 0 bridgehead atoms. The Kier molecular flexibility index (Phi) is 3.87. The molecule has 0 aliphatic heterocycles. The minimum Gasteiger partial charge on any atom is -0.456 e. The van der Waals surface area contributed by atoms with E-state index in [0.717, 1.165) is 16.7 Å². The molecule has 0 N–H and O–H groups in total. The van der Waals surface area contributed by atoms with Crippen molar-refractivity contribution in [2.45, 2.75) is 0 Å². The lowest BCUT2D eigenvalue weighted by atomic mass is 9.83. The molecule has 0 aliphatic carbocycles. The molecule has 1 aromatic heterocycles. The van der Waals surface area contributed by atoms with Crippen LogP contribution in [-0.4, -0.2) is 0 Å². The van der Waals surface area contributed by atoms with Gasteiger partial charge in [-0.1, -0.05) is 145 Å². The van der Waals surface area contributed by atoms with Crippen LogP contribution in [0.4, 0.5) is 0 Å². The van der Waals surface area contributed by atoms with Gasteiger partial charge in [0.2, 0.25) is 0 Å². The first-order valence-electron chi connectivity index (χ1n) is 22.7. The van der Waals surface area contributed by atoms with Crippen LogP contribution in [0, 0.1) is 0 Å². The van der Waals surface area contributed by atoms with E-state index in [1.807, 2.05) is 84.9 Å². The number of hydrogen-bond donors (Lipinski definition) is 0. The maximum Gasteiger partial charge on any atom is 0.136 e. The molecule has 0 aliphatic rings.